The molecule has 0 radical (unpaired) electrons. The van der Waals surface area contributed by atoms with Crippen molar-refractivity contribution in [2.75, 3.05) is 12.3 Å². The summed E-state index contributed by atoms with van der Waals surface area (Å²) >= 11 is 1.43. The fourth-order valence-electron chi connectivity index (χ4n) is 2.56. The predicted molar refractivity (Wildman–Crippen MR) is 102 cm³/mol. The molecular formula is C20H16F2N2O3S. The predicted octanol–water partition coefficient (Wildman–Crippen LogP) is 3.67. The summed E-state index contributed by atoms with van der Waals surface area (Å²) in [6, 6.07) is 12.2. The van der Waals surface area contributed by atoms with Crippen LogP contribution in [0, 0.1) is 11.6 Å². The van der Waals surface area contributed by atoms with Crippen molar-refractivity contribution >= 4 is 28.9 Å². The number of hydrogen-bond donors (Lipinski definition) is 2. The summed E-state index contributed by atoms with van der Waals surface area (Å²) in [5.41, 5.74) is 6.18. The van der Waals surface area contributed by atoms with Crippen molar-refractivity contribution in [1.82, 2.24) is 5.32 Å². The lowest BCUT2D eigenvalue weighted by atomic mass is 10.1. The van der Waals surface area contributed by atoms with Gasteiger partial charge < -0.3 is 15.8 Å². The number of rotatable bonds is 6. The van der Waals surface area contributed by atoms with Crippen molar-refractivity contribution in [2.45, 2.75) is 6.04 Å². The number of nitrogens with one attached hydrogen (secondary N) is 1. The van der Waals surface area contributed by atoms with E-state index in [9.17, 15) is 18.4 Å². The number of esters is 1. The van der Waals surface area contributed by atoms with E-state index in [2.05, 4.69) is 5.32 Å². The molecule has 5 nitrogen and oxygen atoms in total. The molecule has 0 fully saturated rings. The Hall–Kier alpha value is -3.26. The first-order valence-corrected chi connectivity index (χ1v) is 9.12. The normalized spacial score (nSPS) is 11.6. The summed E-state index contributed by atoms with van der Waals surface area (Å²) in [6.07, 6.45) is 0. The smallest absolute Gasteiger partial charge is 0.340 e. The van der Waals surface area contributed by atoms with Crippen molar-refractivity contribution in [2.24, 2.45) is 0 Å². The third-order valence-electron chi connectivity index (χ3n) is 3.90. The molecule has 2 aromatic carbocycles. The zero-order chi connectivity index (χ0) is 20.1. The van der Waals surface area contributed by atoms with Gasteiger partial charge in [0.15, 0.2) is 6.61 Å². The molecule has 0 bridgehead atoms. The minimum Gasteiger partial charge on any atom is -0.452 e. The van der Waals surface area contributed by atoms with E-state index in [0.717, 1.165) is 17.0 Å². The Labute approximate surface area is 163 Å². The van der Waals surface area contributed by atoms with Crippen LogP contribution < -0.4 is 11.1 Å². The van der Waals surface area contributed by atoms with Gasteiger partial charge in [0.2, 0.25) is 0 Å². The molecule has 0 spiro atoms. The van der Waals surface area contributed by atoms with Crippen molar-refractivity contribution in [3.63, 3.8) is 0 Å². The maximum atomic E-state index is 13.2. The first kappa shape index (κ1) is 19.5. The molecule has 1 amide bonds. The van der Waals surface area contributed by atoms with Crippen molar-refractivity contribution < 1.29 is 23.1 Å². The lowest BCUT2D eigenvalue weighted by molar-refractivity contribution is -0.124. The summed E-state index contributed by atoms with van der Waals surface area (Å²) in [4.78, 5) is 25.2. The zero-order valence-electron chi connectivity index (χ0n) is 14.5. The molecule has 8 heteroatoms. The molecule has 3 N–H and O–H groups in total. The van der Waals surface area contributed by atoms with Crippen LogP contribution in [0.5, 0.6) is 0 Å². The van der Waals surface area contributed by atoms with Crippen LogP contribution in [-0.4, -0.2) is 18.5 Å². The van der Waals surface area contributed by atoms with E-state index < -0.39 is 30.3 Å². The average Bonchev–Trinajstić information content (AvgIpc) is 3.19. The number of hydrogen-bond acceptors (Lipinski definition) is 5. The van der Waals surface area contributed by atoms with Gasteiger partial charge in [0.25, 0.3) is 5.91 Å². The lowest BCUT2D eigenvalue weighted by Crippen LogP contribution is -2.32. The van der Waals surface area contributed by atoms with Gasteiger partial charge in [-0.1, -0.05) is 18.2 Å². The van der Waals surface area contributed by atoms with Crippen molar-refractivity contribution in [3.8, 4) is 0 Å². The van der Waals surface area contributed by atoms with Gasteiger partial charge in [0, 0.05) is 10.6 Å². The van der Waals surface area contributed by atoms with Crippen LogP contribution in [0.2, 0.25) is 0 Å². The van der Waals surface area contributed by atoms with Crippen LogP contribution >= 0.6 is 11.3 Å². The van der Waals surface area contributed by atoms with E-state index >= 15 is 0 Å². The number of nitrogen functional groups attached to an aromatic ring is 1. The fraction of sp³-hybridized carbons (Fsp3) is 0.100. The number of thiophene rings is 1. The summed E-state index contributed by atoms with van der Waals surface area (Å²) in [7, 11) is 0. The highest BCUT2D eigenvalue weighted by Gasteiger charge is 2.20. The minimum atomic E-state index is -0.831. The number of halogens is 2. The molecule has 1 aromatic heterocycles. The quantitative estimate of drug-likeness (QED) is 0.487. The van der Waals surface area contributed by atoms with Gasteiger partial charge in [-0.2, -0.15) is 0 Å². The largest absolute Gasteiger partial charge is 0.452 e. The van der Waals surface area contributed by atoms with Gasteiger partial charge in [-0.15, -0.1) is 11.3 Å². The van der Waals surface area contributed by atoms with Crippen molar-refractivity contribution in [1.29, 1.82) is 0 Å². The van der Waals surface area contributed by atoms with E-state index in [-0.39, 0.29) is 17.1 Å². The van der Waals surface area contributed by atoms with Gasteiger partial charge in [0.05, 0.1) is 11.6 Å². The summed E-state index contributed by atoms with van der Waals surface area (Å²) < 4.78 is 31.3. The Morgan fingerprint density at radius 2 is 1.79 bits per heavy atom. The van der Waals surface area contributed by atoms with Gasteiger partial charge in [-0.3, -0.25) is 4.79 Å². The Bertz CT molecular complexity index is 976. The van der Waals surface area contributed by atoms with E-state index in [1.54, 1.807) is 12.1 Å². The Balaban J connectivity index is 1.67. The highest BCUT2D eigenvalue weighted by molar-refractivity contribution is 7.10. The number of nitrogens with two attached hydrogens (primary N) is 1. The number of amides is 1. The SMILES string of the molecule is Nc1cc(F)ccc1C(=O)OCC(=O)N[C@H](c1ccc(F)cc1)c1cccs1. The second-order valence-corrected chi connectivity index (χ2v) is 6.85. The topological polar surface area (TPSA) is 81.4 Å². The monoisotopic (exact) mass is 402 g/mol. The van der Waals surface area contributed by atoms with Crippen LogP contribution in [0.25, 0.3) is 0 Å². The van der Waals surface area contributed by atoms with Crippen LogP contribution in [0.3, 0.4) is 0 Å². The minimum absolute atomic E-state index is 0.0254. The molecule has 1 atom stereocenters. The first-order valence-electron chi connectivity index (χ1n) is 8.24. The highest BCUT2D eigenvalue weighted by Crippen LogP contribution is 2.26. The third-order valence-corrected chi connectivity index (χ3v) is 4.84. The van der Waals surface area contributed by atoms with Crippen LogP contribution in [0.15, 0.2) is 60.0 Å². The molecule has 0 saturated carbocycles. The number of anilines is 1. The van der Waals surface area contributed by atoms with E-state index in [4.69, 9.17) is 10.5 Å². The molecule has 1 heterocycles. The summed E-state index contributed by atoms with van der Waals surface area (Å²) in [6.45, 7) is -0.543. The number of benzene rings is 2. The Kier molecular flexibility index (Phi) is 6.00. The Morgan fingerprint density at radius 1 is 1.07 bits per heavy atom. The standard InChI is InChI=1S/C20H16F2N2O3S/c21-13-5-3-12(4-6-13)19(17-2-1-9-28-17)24-18(25)11-27-20(26)15-8-7-14(22)10-16(15)23/h1-10,19H,11,23H2,(H,24,25)/t19-/m1/s1. The molecule has 3 aromatic rings. The third kappa shape index (κ3) is 4.72. The molecule has 144 valence electrons. The van der Waals surface area contributed by atoms with E-state index in [1.807, 2.05) is 17.5 Å². The molecule has 0 aliphatic rings. The van der Waals surface area contributed by atoms with Gasteiger partial charge in [0.1, 0.15) is 11.6 Å². The summed E-state index contributed by atoms with van der Waals surface area (Å²) in [5.74, 6) is -2.34. The average molecular weight is 402 g/mol. The summed E-state index contributed by atoms with van der Waals surface area (Å²) in [5, 5.41) is 4.62. The van der Waals surface area contributed by atoms with Gasteiger partial charge in [-0.25, -0.2) is 13.6 Å². The molecular weight excluding hydrogens is 386 g/mol. The number of carbonyl (C=O) groups is 2. The number of ether oxygens (including phenoxy) is 1. The van der Waals surface area contributed by atoms with Gasteiger partial charge in [-0.05, 0) is 47.3 Å². The second-order valence-electron chi connectivity index (χ2n) is 5.88. The van der Waals surface area contributed by atoms with Crippen LogP contribution in [0.1, 0.15) is 26.8 Å². The zero-order valence-corrected chi connectivity index (χ0v) is 15.3. The Morgan fingerprint density at radius 3 is 2.43 bits per heavy atom. The van der Waals surface area contributed by atoms with E-state index in [1.165, 1.54) is 29.5 Å². The van der Waals surface area contributed by atoms with Gasteiger partial charge >= 0.3 is 5.97 Å². The molecule has 3 rings (SSSR count). The number of carbonyl (C=O) groups excluding carboxylic acids is 2. The molecule has 0 saturated heterocycles. The van der Waals surface area contributed by atoms with Crippen LogP contribution in [-0.2, 0) is 9.53 Å². The first-order chi connectivity index (χ1) is 13.4. The maximum absolute atomic E-state index is 13.2. The second kappa shape index (κ2) is 8.62. The van der Waals surface area contributed by atoms with E-state index in [0.29, 0.717) is 5.56 Å². The van der Waals surface area contributed by atoms with Crippen LogP contribution in [0.4, 0.5) is 14.5 Å². The molecule has 0 aliphatic heterocycles. The highest BCUT2D eigenvalue weighted by atomic mass is 32.1. The lowest BCUT2D eigenvalue weighted by Gasteiger charge is -2.18. The van der Waals surface area contributed by atoms with Crippen molar-refractivity contribution in [3.05, 3.63) is 87.6 Å². The molecule has 0 unspecified atom stereocenters. The maximum Gasteiger partial charge on any atom is 0.340 e. The molecule has 28 heavy (non-hydrogen) atoms. The molecule has 0 aliphatic carbocycles. The fourth-order valence-corrected chi connectivity index (χ4v) is 3.36.